The summed E-state index contributed by atoms with van der Waals surface area (Å²) in [5.41, 5.74) is 7.25. The Bertz CT molecular complexity index is 438. The van der Waals surface area contributed by atoms with Gasteiger partial charge in [0.2, 0.25) is 0 Å². The van der Waals surface area contributed by atoms with Gasteiger partial charge in [-0.25, -0.2) is 0 Å². The Labute approximate surface area is 120 Å². The van der Waals surface area contributed by atoms with Crippen LogP contribution in [-0.4, -0.2) is 33.9 Å². The number of carbonyl (C=O) groups excluding carboxylic acids is 1. The molecule has 1 rings (SSSR count). The lowest BCUT2D eigenvalue weighted by Gasteiger charge is -2.20. The number of nitrogens with one attached hydrogen (secondary N) is 2. The number of hydrogen-bond acceptors (Lipinski definition) is 4. The molecule has 0 aliphatic carbocycles. The third kappa shape index (κ3) is 3.72. The molecule has 1 aromatic rings. The minimum absolute atomic E-state index is 0.180. The van der Waals surface area contributed by atoms with Crippen molar-refractivity contribution in [2.24, 2.45) is 5.92 Å². The number of carbonyl (C=O) groups is 1. The van der Waals surface area contributed by atoms with Gasteiger partial charge in [0, 0.05) is 6.54 Å². The van der Waals surface area contributed by atoms with Crippen LogP contribution in [0.2, 0.25) is 0 Å². The number of aliphatic hydroxyl groups is 1. The number of H-pyrrole nitrogens is 1. The van der Waals surface area contributed by atoms with Crippen molar-refractivity contribution in [3.05, 3.63) is 11.4 Å². The van der Waals surface area contributed by atoms with Crippen LogP contribution < -0.4 is 11.1 Å². The zero-order valence-corrected chi connectivity index (χ0v) is 12.7. The number of aromatic nitrogens is 2. The summed E-state index contributed by atoms with van der Waals surface area (Å²) >= 11 is 0. The summed E-state index contributed by atoms with van der Waals surface area (Å²) in [6, 6.07) is 0. The molecule has 1 amide bonds. The monoisotopic (exact) mass is 282 g/mol. The van der Waals surface area contributed by atoms with Gasteiger partial charge in [-0.15, -0.1) is 0 Å². The predicted molar refractivity (Wildman–Crippen MR) is 79.5 cm³/mol. The van der Waals surface area contributed by atoms with Gasteiger partial charge in [-0.3, -0.25) is 9.89 Å². The van der Waals surface area contributed by atoms with Gasteiger partial charge in [-0.05, 0) is 11.8 Å². The van der Waals surface area contributed by atoms with Crippen LogP contribution in [0.3, 0.4) is 0 Å². The fraction of sp³-hybridized carbons (Fsp3) is 0.714. The first kappa shape index (κ1) is 16.5. The van der Waals surface area contributed by atoms with Crippen LogP contribution in [0.1, 0.15) is 62.6 Å². The standard InChI is InChI=1S/C14H26N4O2/c1-5-9(6-2)10(19)7-16-14(20)13-11(15)12(8(3)4)17-18-13/h8-10,19H,5-7,15H2,1-4H3,(H,16,20)(H,17,18). The summed E-state index contributed by atoms with van der Waals surface area (Å²) < 4.78 is 0. The molecule has 20 heavy (non-hydrogen) atoms. The fourth-order valence-corrected chi connectivity index (χ4v) is 2.26. The minimum Gasteiger partial charge on any atom is -0.395 e. The van der Waals surface area contributed by atoms with Gasteiger partial charge in [0.25, 0.3) is 5.91 Å². The van der Waals surface area contributed by atoms with E-state index in [4.69, 9.17) is 5.73 Å². The molecule has 0 saturated heterocycles. The van der Waals surface area contributed by atoms with E-state index in [9.17, 15) is 9.90 Å². The average Bonchev–Trinajstić information content (AvgIpc) is 2.79. The third-order valence-electron chi connectivity index (χ3n) is 3.69. The highest BCUT2D eigenvalue weighted by Crippen LogP contribution is 2.22. The first-order valence-electron chi connectivity index (χ1n) is 7.22. The van der Waals surface area contributed by atoms with Crippen LogP contribution in [-0.2, 0) is 0 Å². The SMILES string of the molecule is CCC(CC)C(O)CNC(=O)c1n[nH]c(C(C)C)c1N. The Balaban J connectivity index is 2.64. The Morgan fingerprint density at radius 2 is 2.00 bits per heavy atom. The predicted octanol–water partition coefficient (Wildman–Crippen LogP) is 1.64. The van der Waals surface area contributed by atoms with Crippen LogP contribution in [0.4, 0.5) is 5.69 Å². The largest absolute Gasteiger partial charge is 0.395 e. The quantitative estimate of drug-likeness (QED) is 0.610. The van der Waals surface area contributed by atoms with Gasteiger partial charge in [0.1, 0.15) is 0 Å². The fourth-order valence-electron chi connectivity index (χ4n) is 2.26. The molecule has 1 atom stereocenters. The van der Waals surface area contributed by atoms with Crippen LogP contribution >= 0.6 is 0 Å². The molecule has 1 heterocycles. The second-order valence-corrected chi connectivity index (χ2v) is 5.41. The number of amides is 1. The summed E-state index contributed by atoms with van der Waals surface area (Å²) in [6.45, 7) is 8.22. The van der Waals surface area contributed by atoms with Gasteiger partial charge in [0.15, 0.2) is 5.69 Å². The van der Waals surface area contributed by atoms with E-state index in [1.54, 1.807) is 0 Å². The maximum absolute atomic E-state index is 12.0. The van der Waals surface area contributed by atoms with E-state index in [1.807, 2.05) is 27.7 Å². The van der Waals surface area contributed by atoms with Crippen molar-refractivity contribution in [1.29, 1.82) is 0 Å². The van der Waals surface area contributed by atoms with E-state index in [1.165, 1.54) is 0 Å². The van der Waals surface area contributed by atoms with Crippen molar-refractivity contribution in [2.45, 2.75) is 52.6 Å². The van der Waals surface area contributed by atoms with Crippen molar-refractivity contribution in [1.82, 2.24) is 15.5 Å². The summed E-state index contributed by atoms with van der Waals surface area (Å²) in [7, 11) is 0. The highest BCUT2D eigenvalue weighted by Gasteiger charge is 2.21. The highest BCUT2D eigenvalue weighted by atomic mass is 16.3. The van der Waals surface area contributed by atoms with Gasteiger partial charge in [-0.1, -0.05) is 40.5 Å². The average molecular weight is 282 g/mol. The Morgan fingerprint density at radius 3 is 2.45 bits per heavy atom. The zero-order valence-electron chi connectivity index (χ0n) is 12.7. The van der Waals surface area contributed by atoms with E-state index in [0.29, 0.717) is 5.69 Å². The molecular weight excluding hydrogens is 256 g/mol. The molecule has 0 aliphatic heterocycles. The minimum atomic E-state index is -0.543. The molecule has 0 saturated carbocycles. The second-order valence-electron chi connectivity index (χ2n) is 5.41. The first-order valence-corrected chi connectivity index (χ1v) is 7.22. The molecule has 0 fully saturated rings. The normalized spacial score (nSPS) is 12.9. The van der Waals surface area contributed by atoms with Crippen molar-refractivity contribution >= 4 is 11.6 Å². The summed E-state index contributed by atoms with van der Waals surface area (Å²) in [4.78, 5) is 12.0. The molecule has 1 unspecified atom stereocenters. The summed E-state index contributed by atoms with van der Waals surface area (Å²) in [5, 5.41) is 19.4. The third-order valence-corrected chi connectivity index (χ3v) is 3.69. The van der Waals surface area contributed by atoms with E-state index in [0.717, 1.165) is 18.5 Å². The van der Waals surface area contributed by atoms with E-state index in [2.05, 4.69) is 15.5 Å². The molecule has 0 aromatic carbocycles. The first-order chi connectivity index (χ1) is 9.42. The number of nitrogens with two attached hydrogens (primary N) is 1. The smallest absolute Gasteiger partial charge is 0.274 e. The topological polar surface area (TPSA) is 104 Å². The maximum atomic E-state index is 12.0. The number of aliphatic hydroxyl groups excluding tert-OH is 1. The van der Waals surface area contributed by atoms with Crippen LogP contribution in [0.15, 0.2) is 0 Å². The molecule has 0 aliphatic rings. The molecule has 0 bridgehead atoms. The molecule has 114 valence electrons. The Morgan fingerprint density at radius 1 is 1.40 bits per heavy atom. The van der Waals surface area contributed by atoms with E-state index < -0.39 is 6.10 Å². The van der Waals surface area contributed by atoms with Gasteiger partial charge >= 0.3 is 0 Å². The lowest BCUT2D eigenvalue weighted by Crippen LogP contribution is -2.36. The van der Waals surface area contributed by atoms with Crippen LogP contribution in [0, 0.1) is 5.92 Å². The number of anilines is 1. The molecule has 6 nitrogen and oxygen atoms in total. The molecule has 0 radical (unpaired) electrons. The highest BCUT2D eigenvalue weighted by molar-refractivity contribution is 5.97. The van der Waals surface area contributed by atoms with Crippen molar-refractivity contribution < 1.29 is 9.90 Å². The Kier molecular flexibility index (Phi) is 6.01. The summed E-state index contributed by atoms with van der Waals surface area (Å²) in [6.07, 6.45) is 1.23. The van der Waals surface area contributed by atoms with Crippen molar-refractivity contribution in [3.63, 3.8) is 0 Å². The van der Waals surface area contributed by atoms with E-state index in [-0.39, 0.29) is 30.0 Å². The summed E-state index contributed by atoms with van der Waals surface area (Å²) in [5.74, 6) is 0.0212. The van der Waals surface area contributed by atoms with Crippen LogP contribution in [0.5, 0.6) is 0 Å². The number of hydrogen-bond donors (Lipinski definition) is 4. The molecular formula is C14H26N4O2. The molecule has 1 aromatic heterocycles. The molecule has 0 spiro atoms. The van der Waals surface area contributed by atoms with E-state index >= 15 is 0 Å². The lowest BCUT2D eigenvalue weighted by molar-refractivity contribution is 0.0813. The van der Waals surface area contributed by atoms with Gasteiger partial charge in [-0.2, -0.15) is 5.10 Å². The van der Waals surface area contributed by atoms with Crippen molar-refractivity contribution in [3.8, 4) is 0 Å². The molecule has 5 N–H and O–H groups in total. The molecule has 6 heteroatoms. The lowest BCUT2D eigenvalue weighted by atomic mass is 9.96. The van der Waals surface area contributed by atoms with Gasteiger partial charge < -0.3 is 16.2 Å². The Hall–Kier alpha value is -1.56. The van der Waals surface area contributed by atoms with Crippen LogP contribution in [0.25, 0.3) is 0 Å². The maximum Gasteiger partial charge on any atom is 0.274 e. The zero-order chi connectivity index (χ0) is 15.3. The number of aromatic amines is 1. The van der Waals surface area contributed by atoms with Gasteiger partial charge in [0.05, 0.1) is 17.5 Å². The number of nitrogen functional groups attached to an aromatic ring is 1. The number of nitrogens with zero attached hydrogens (tertiary/aromatic N) is 1. The van der Waals surface area contributed by atoms with Crippen molar-refractivity contribution in [2.75, 3.05) is 12.3 Å². The number of rotatable bonds is 7. The second kappa shape index (κ2) is 7.28.